The highest BCUT2D eigenvalue weighted by atomic mass is 32.2. The van der Waals surface area contributed by atoms with E-state index < -0.39 is 6.04 Å². The predicted molar refractivity (Wildman–Crippen MR) is 76.5 cm³/mol. The van der Waals surface area contributed by atoms with Crippen LogP contribution in [0.25, 0.3) is 0 Å². The maximum atomic E-state index is 11.5. The molecule has 0 heterocycles. The van der Waals surface area contributed by atoms with Crippen LogP contribution in [0.5, 0.6) is 0 Å². The van der Waals surface area contributed by atoms with Gasteiger partial charge in [-0.15, -0.1) is 0 Å². The minimum Gasteiger partial charge on any atom is -0.354 e. The van der Waals surface area contributed by atoms with Crippen molar-refractivity contribution in [2.45, 2.75) is 45.2 Å². The molecule has 0 saturated carbocycles. The molecule has 0 aromatic carbocycles. The lowest BCUT2D eigenvalue weighted by molar-refractivity contribution is -0.123. The number of carbonyl (C=O) groups is 2. The molecule has 4 N–H and O–H groups in total. The van der Waals surface area contributed by atoms with E-state index in [1.807, 2.05) is 20.1 Å². The van der Waals surface area contributed by atoms with Crippen molar-refractivity contribution in [3.63, 3.8) is 0 Å². The molecule has 0 aliphatic carbocycles. The van der Waals surface area contributed by atoms with Crippen LogP contribution in [-0.2, 0) is 9.59 Å². The zero-order chi connectivity index (χ0) is 14.0. The van der Waals surface area contributed by atoms with Gasteiger partial charge in [-0.05, 0) is 31.8 Å². The summed E-state index contributed by atoms with van der Waals surface area (Å²) < 4.78 is 0. The summed E-state index contributed by atoms with van der Waals surface area (Å²) in [6, 6.07) is -0.299. The molecule has 0 bridgehead atoms. The van der Waals surface area contributed by atoms with Crippen molar-refractivity contribution in [1.82, 2.24) is 10.6 Å². The van der Waals surface area contributed by atoms with Crippen LogP contribution in [-0.4, -0.2) is 42.5 Å². The molecule has 6 heteroatoms. The molecule has 2 amide bonds. The summed E-state index contributed by atoms with van der Waals surface area (Å²) in [5.74, 6) is 0.644. The Balaban J connectivity index is 3.70. The van der Waals surface area contributed by atoms with Crippen molar-refractivity contribution < 1.29 is 9.59 Å². The summed E-state index contributed by atoms with van der Waals surface area (Å²) in [6.45, 7) is 4.31. The van der Waals surface area contributed by atoms with Crippen LogP contribution in [0.2, 0.25) is 0 Å². The average Bonchev–Trinajstić information content (AvgIpc) is 2.35. The fourth-order valence-electron chi connectivity index (χ4n) is 1.26. The van der Waals surface area contributed by atoms with Crippen molar-refractivity contribution in [3.8, 4) is 0 Å². The number of nitrogens with one attached hydrogen (secondary N) is 2. The van der Waals surface area contributed by atoms with Gasteiger partial charge in [0.1, 0.15) is 0 Å². The Morgan fingerprint density at radius 2 is 2.06 bits per heavy atom. The van der Waals surface area contributed by atoms with Gasteiger partial charge in [0.05, 0.1) is 6.04 Å². The average molecular weight is 275 g/mol. The van der Waals surface area contributed by atoms with Crippen molar-refractivity contribution >= 4 is 23.6 Å². The zero-order valence-electron chi connectivity index (χ0n) is 11.5. The van der Waals surface area contributed by atoms with Crippen LogP contribution >= 0.6 is 11.8 Å². The number of rotatable bonds is 9. The van der Waals surface area contributed by atoms with Gasteiger partial charge in [0.25, 0.3) is 0 Å². The Bertz CT molecular complexity index is 262. The first-order valence-corrected chi connectivity index (χ1v) is 7.72. The molecule has 0 rings (SSSR count). The van der Waals surface area contributed by atoms with Gasteiger partial charge in [0.15, 0.2) is 0 Å². The molecule has 106 valence electrons. The molecule has 0 aliphatic rings. The molecule has 18 heavy (non-hydrogen) atoms. The van der Waals surface area contributed by atoms with Gasteiger partial charge in [0, 0.05) is 19.0 Å². The third kappa shape index (κ3) is 8.36. The lowest BCUT2D eigenvalue weighted by Gasteiger charge is -2.13. The van der Waals surface area contributed by atoms with E-state index in [0.29, 0.717) is 19.4 Å². The molecule has 0 aromatic heterocycles. The molecule has 0 spiro atoms. The highest BCUT2D eigenvalue weighted by Gasteiger charge is 2.12. The third-order valence-corrected chi connectivity index (χ3v) is 3.28. The quantitative estimate of drug-likeness (QED) is 0.572. The van der Waals surface area contributed by atoms with Crippen LogP contribution in [0, 0.1) is 0 Å². The predicted octanol–water partition coefficient (Wildman–Crippen LogP) is 0.488. The second kappa shape index (κ2) is 10.2. The van der Waals surface area contributed by atoms with Gasteiger partial charge in [-0.3, -0.25) is 9.59 Å². The van der Waals surface area contributed by atoms with E-state index in [9.17, 15) is 9.59 Å². The normalized spacial score (nSPS) is 13.8. The molecule has 1 unspecified atom stereocenters. The van der Waals surface area contributed by atoms with Gasteiger partial charge >= 0.3 is 0 Å². The third-order valence-electron chi connectivity index (χ3n) is 2.64. The molecule has 0 aromatic rings. The molecule has 2 atom stereocenters. The number of thioether (sulfide) groups is 1. The minimum absolute atomic E-state index is 0.0395. The van der Waals surface area contributed by atoms with Crippen LogP contribution in [0.4, 0.5) is 0 Å². The van der Waals surface area contributed by atoms with Gasteiger partial charge in [-0.25, -0.2) is 0 Å². The Kier molecular flexibility index (Phi) is 9.77. The lowest BCUT2D eigenvalue weighted by Crippen LogP contribution is -2.42. The van der Waals surface area contributed by atoms with E-state index in [-0.39, 0.29) is 17.9 Å². The highest BCUT2D eigenvalue weighted by Crippen LogP contribution is 1.98. The van der Waals surface area contributed by atoms with Crippen molar-refractivity contribution in [2.24, 2.45) is 5.73 Å². The van der Waals surface area contributed by atoms with E-state index >= 15 is 0 Å². The first kappa shape index (κ1) is 17.2. The van der Waals surface area contributed by atoms with E-state index in [2.05, 4.69) is 10.6 Å². The highest BCUT2D eigenvalue weighted by molar-refractivity contribution is 7.98. The van der Waals surface area contributed by atoms with E-state index in [1.54, 1.807) is 11.8 Å². The Labute approximate surface area is 114 Å². The molecule has 0 saturated heterocycles. The summed E-state index contributed by atoms with van der Waals surface area (Å²) in [6.07, 6.45) is 3.83. The monoisotopic (exact) mass is 275 g/mol. The van der Waals surface area contributed by atoms with Crippen LogP contribution < -0.4 is 16.4 Å². The summed E-state index contributed by atoms with van der Waals surface area (Å²) >= 11 is 1.66. The van der Waals surface area contributed by atoms with Gasteiger partial charge in [-0.1, -0.05) is 6.92 Å². The zero-order valence-corrected chi connectivity index (χ0v) is 12.3. The molecule has 0 aliphatic heterocycles. The number of hydrogen-bond acceptors (Lipinski definition) is 4. The van der Waals surface area contributed by atoms with E-state index in [0.717, 1.165) is 12.2 Å². The van der Waals surface area contributed by atoms with Crippen LogP contribution in [0.3, 0.4) is 0 Å². The summed E-state index contributed by atoms with van der Waals surface area (Å²) in [5.41, 5.74) is 5.70. The molecular weight excluding hydrogens is 250 g/mol. The molecule has 5 nitrogen and oxygen atoms in total. The second-order valence-corrected chi connectivity index (χ2v) is 5.29. The van der Waals surface area contributed by atoms with Gasteiger partial charge < -0.3 is 16.4 Å². The largest absolute Gasteiger partial charge is 0.354 e. The van der Waals surface area contributed by atoms with Crippen LogP contribution in [0.1, 0.15) is 33.1 Å². The lowest BCUT2D eigenvalue weighted by atomic mass is 10.2. The Morgan fingerprint density at radius 1 is 1.39 bits per heavy atom. The maximum Gasteiger partial charge on any atom is 0.236 e. The first-order chi connectivity index (χ1) is 8.51. The number of hydrogen-bond donors (Lipinski definition) is 3. The number of amides is 2. The number of carbonyl (C=O) groups excluding carboxylic acids is 2. The fourth-order valence-corrected chi connectivity index (χ4v) is 1.74. The van der Waals surface area contributed by atoms with E-state index in [4.69, 9.17) is 5.73 Å². The van der Waals surface area contributed by atoms with Gasteiger partial charge in [0.2, 0.25) is 11.8 Å². The van der Waals surface area contributed by atoms with E-state index in [1.165, 1.54) is 0 Å². The van der Waals surface area contributed by atoms with Gasteiger partial charge in [-0.2, -0.15) is 11.8 Å². The standard InChI is InChI=1S/C12H25N3O2S/c1-4-9(2)15-11(16)5-7-14-12(17)10(13)6-8-18-3/h9-10H,4-8,13H2,1-3H3,(H,14,17)(H,15,16)/t9?,10-/m1/s1. The fraction of sp³-hybridized carbons (Fsp3) is 0.833. The Hall–Kier alpha value is -0.750. The topological polar surface area (TPSA) is 84.2 Å². The molecule has 0 fully saturated rings. The second-order valence-electron chi connectivity index (χ2n) is 4.31. The summed E-state index contributed by atoms with van der Waals surface area (Å²) in [4.78, 5) is 23.0. The molecule has 0 radical (unpaired) electrons. The Morgan fingerprint density at radius 3 is 2.61 bits per heavy atom. The smallest absolute Gasteiger partial charge is 0.236 e. The molecular formula is C12H25N3O2S. The number of nitrogens with two attached hydrogens (primary N) is 1. The van der Waals surface area contributed by atoms with Crippen LogP contribution in [0.15, 0.2) is 0 Å². The summed E-state index contributed by atoms with van der Waals surface area (Å²) in [7, 11) is 0. The minimum atomic E-state index is -0.477. The first-order valence-electron chi connectivity index (χ1n) is 6.32. The van der Waals surface area contributed by atoms with Crippen molar-refractivity contribution in [2.75, 3.05) is 18.6 Å². The maximum absolute atomic E-state index is 11.5. The van der Waals surface area contributed by atoms with Crippen molar-refractivity contribution in [1.29, 1.82) is 0 Å². The SMILES string of the molecule is CCC(C)NC(=O)CCNC(=O)[C@H](N)CCSC. The van der Waals surface area contributed by atoms with Crippen molar-refractivity contribution in [3.05, 3.63) is 0 Å². The summed E-state index contributed by atoms with van der Waals surface area (Å²) in [5, 5.41) is 5.52.